The van der Waals surface area contributed by atoms with Gasteiger partial charge < -0.3 is 10.1 Å². The van der Waals surface area contributed by atoms with Gasteiger partial charge in [-0.25, -0.2) is 13.1 Å². The molecule has 2 rings (SSSR count). The van der Waals surface area contributed by atoms with Crippen molar-refractivity contribution >= 4 is 21.6 Å². The van der Waals surface area contributed by atoms with Crippen LogP contribution < -0.4 is 14.8 Å². The number of rotatable bonds is 5. The summed E-state index contributed by atoms with van der Waals surface area (Å²) in [6.45, 7) is 5.62. The van der Waals surface area contributed by atoms with Gasteiger partial charge in [-0.2, -0.15) is 0 Å². The minimum atomic E-state index is -3.66. The molecule has 1 aromatic carbocycles. The van der Waals surface area contributed by atoms with E-state index in [0.29, 0.717) is 23.3 Å². The number of anilines is 1. The second-order valence-corrected chi connectivity index (χ2v) is 8.25. The highest BCUT2D eigenvalue weighted by Gasteiger charge is 2.31. The zero-order chi connectivity index (χ0) is 17.9. The second-order valence-electron chi connectivity index (χ2n) is 6.54. The van der Waals surface area contributed by atoms with E-state index in [2.05, 4.69) is 23.9 Å². The number of nitrogens with one attached hydrogen (secondary N) is 2. The minimum Gasteiger partial charge on any atom is -0.495 e. The van der Waals surface area contributed by atoms with Crippen LogP contribution in [-0.4, -0.2) is 27.5 Å². The summed E-state index contributed by atoms with van der Waals surface area (Å²) >= 11 is 0. The van der Waals surface area contributed by atoms with E-state index < -0.39 is 10.0 Å². The Labute approximate surface area is 144 Å². The summed E-state index contributed by atoms with van der Waals surface area (Å²) in [7, 11) is -2.19. The molecule has 0 spiro atoms. The van der Waals surface area contributed by atoms with Gasteiger partial charge >= 0.3 is 0 Å². The van der Waals surface area contributed by atoms with E-state index in [9.17, 15) is 13.2 Å². The molecule has 0 heterocycles. The Balaban J connectivity index is 2.27. The number of carbonyl (C=O) groups excluding carboxylic acids is 1. The van der Waals surface area contributed by atoms with E-state index in [4.69, 9.17) is 4.74 Å². The van der Waals surface area contributed by atoms with Gasteiger partial charge in [-0.05, 0) is 36.5 Å². The first-order valence-corrected chi connectivity index (χ1v) is 9.71. The molecule has 1 aromatic rings. The quantitative estimate of drug-likeness (QED) is 0.851. The molecule has 24 heavy (non-hydrogen) atoms. The molecule has 1 aliphatic rings. The fourth-order valence-corrected chi connectivity index (χ4v) is 4.54. The Hall–Kier alpha value is -1.60. The van der Waals surface area contributed by atoms with Gasteiger partial charge in [0.05, 0.1) is 17.7 Å². The molecule has 0 saturated heterocycles. The van der Waals surface area contributed by atoms with Gasteiger partial charge in [-0.1, -0.05) is 26.7 Å². The van der Waals surface area contributed by atoms with Crippen LogP contribution in [-0.2, 0) is 14.8 Å². The molecule has 7 heteroatoms. The number of carbonyl (C=O) groups is 1. The maximum absolute atomic E-state index is 12.7. The first-order chi connectivity index (χ1) is 11.2. The molecule has 0 aliphatic heterocycles. The summed E-state index contributed by atoms with van der Waals surface area (Å²) in [5.41, 5.74) is 0.345. The SMILES string of the molecule is COc1ccc(S(=O)(=O)N[C@H]2CCC[C@@H](C)[C@H]2C)cc1NC(C)=O. The van der Waals surface area contributed by atoms with Crippen LogP contribution >= 0.6 is 0 Å². The highest BCUT2D eigenvalue weighted by atomic mass is 32.2. The molecule has 1 saturated carbocycles. The van der Waals surface area contributed by atoms with Gasteiger partial charge in [0.1, 0.15) is 5.75 Å². The fraction of sp³-hybridized carbons (Fsp3) is 0.588. The maximum atomic E-state index is 12.7. The summed E-state index contributed by atoms with van der Waals surface area (Å²) in [6, 6.07) is 4.40. The predicted octanol–water partition coefficient (Wildman–Crippen LogP) is 2.76. The lowest BCUT2D eigenvalue weighted by atomic mass is 9.78. The average Bonchev–Trinajstić information content (AvgIpc) is 2.51. The third-order valence-corrected chi connectivity index (χ3v) is 6.29. The second kappa shape index (κ2) is 7.53. The van der Waals surface area contributed by atoms with Crippen molar-refractivity contribution in [2.75, 3.05) is 12.4 Å². The van der Waals surface area contributed by atoms with Crippen LogP contribution in [0.3, 0.4) is 0 Å². The fourth-order valence-electron chi connectivity index (χ4n) is 3.16. The lowest BCUT2D eigenvalue weighted by molar-refractivity contribution is -0.114. The van der Waals surface area contributed by atoms with E-state index in [1.165, 1.54) is 26.2 Å². The van der Waals surface area contributed by atoms with Crippen molar-refractivity contribution in [3.8, 4) is 5.75 Å². The third-order valence-electron chi connectivity index (χ3n) is 4.81. The number of hydrogen-bond donors (Lipinski definition) is 2. The third kappa shape index (κ3) is 4.27. The lowest BCUT2D eigenvalue weighted by Gasteiger charge is -2.34. The van der Waals surface area contributed by atoms with Crippen molar-refractivity contribution in [1.82, 2.24) is 4.72 Å². The van der Waals surface area contributed by atoms with Crippen LogP contribution in [0, 0.1) is 11.8 Å². The van der Waals surface area contributed by atoms with E-state index in [1.54, 1.807) is 6.07 Å². The molecule has 1 aliphatic carbocycles. The Morgan fingerprint density at radius 3 is 2.58 bits per heavy atom. The summed E-state index contributed by atoms with van der Waals surface area (Å²) in [4.78, 5) is 11.4. The Kier molecular flexibility index (Phi) is 5.87. The smallest absolute Gasteiger partial charge is 0.240 e. The van der Waals surface area contributed by atoms with E-state index in [1.807, 2.05) is 0 Å². The lowest BCUT2D eigenvalue weighted by Crippen LogP contribution is -2.43. The van der Waals surface area contributed by atoms with Crippen LogP contribution in [0.4, 0.5) is 5.69 Å². The molecule has 3 atom stereocenters. The maximum Gasteiger partial charge on any atom is 0.240 e. The van der Waals surface area contributed by atoms with Gasteiger partial charge in [0.15, 0.2) is 0 Å². The molecule has 6 nitrogen and oxygen atoms in total. The molecule has 134 valence electrons. The number of hydrogen-bond acceptors (Lipinski definition) is 4. The number of ether oxygens (including phenoxy) is 1. The van der Waals surface area contributed by atoms with Crippen LogP contribution in [0.25, 0.3) is 0 Å². The topological polar surface area (TPSA) is 84.5 Å². The normalized spacial score (nSPS) is 24.4. The first-order valence-electron chi connectivity index (χ1n) is 8.22. The largest absolute Gasteiger partial charge is 0.495 e. The Morgan fingerprint density at radius 1 is 1.25 bits per heavy atom. The van der Waals surface area contributed by atoms with Crippen molar-refractivity contribution in [2.24, 2.45) is 11.8 Å². The van der Waals surface area contributed by atoms with E-state index >= 15 is 0 Å². The number of benzene rings is 1. The minimum absolute atomic E-state index is 0.0648. The number of methoxy groups -OCH3 is 1. The van der Waals surface area contributed by atoms with Crippen LogP contribution in [0.5, 0.6) is 5.75 Å². The molecule has 0 aromatic heterocycles. The van der Waals surface area contributed by atoms with Crippen LogP contribution in [0.2, 0.25) is 0 Å². The zero-order valence-corrected chi connectivity index (χ0v) is 15.4. The van der Waals surface area contributed by atoms with E-state index in [-0.39, 0.29) is 16.8 Å². The van der Waals surface area contributed by atoms with Gasteiger partial charge in [0, 0.05) is 13.0 Å². The number of sulfonamides is 1. The molecule has 0 bridgehead atoms. The summed E-state index contributed by atoms with van der Waals surface area (Å²) < 4.78 is 33.4. The van der Waals surface area contributed by atoms with Gasteiger partial charge in [0.2, 0.25) is 15.9 Å². The van der Waals surface area contributed by atoms with Crippen molar-refractivity contribution in [3.63, 3.8) is 0 Å². The summed E-state index contributed by atoms with van der Waals surface area (Å²) in [5, 5.41) is 2.60. The highest BCUT2D eigenvalue weighted by Crippen LogP contribution is 2.32. The standard InChI is InChI=1S/C17H26N2O4S/c1-11-6-5-7-15(12(11)2)19-24(21,22)14-8-9-17(23-4)16(10-14)18-13(3)20/h8-12,15,19H,5-7H2,1-4H3,(H,18,20)/t11-,12-,15+/m1/s1. The molecule has 0 unspecified atom stereocenters. The average molecular weight is 354 g/mol. The van der Waals surface area contributed by atoms with Gasteiger partial charge in [-0.3, -0.25) is 4.79 Å². The van der Waals surface area contributed by atoms with Crippen molar-refractivity contribution < 1.29 is 17.9 Å². The Morgan fingerprint density at radius 2 is 1.96 bits per heavy atom. The molecular weight excluding hydrogens is 328 g/mol. The molecule has 2 N–H and O–H groups in total. The van der Waals surface area contributed by atoms with Crippen molar-refractivity contribution in [2.45, 2.75) is 51.0 Å². The van der Waals surface area contributed by atoms with Crippen LogP contribution in [0.15, 0.2) is 23.1 Å². The monoisotopic (exact) mass is 354 g/mol. The molecular formula is C17H26N2O4S. The van der Waals surface area contributed by atoms with Crippen molar-refractivity contribution in [1.29, 1.82) is 0 Å². The molecule has 0 radical (unpaired) electrons. The van der Waals surface area contributed by atoms with E-state index in [0.717, 1.165) is 19.3 Å². The molecule has 1 fully saturated rings. The first kappa shape index (κ1) is 18.7. The van der Waals surface area contributed by atoms with Gasteiger partial charge in [-0.15, -0.1) is 0 Å². The molecule has 1 amide bonds. The summed E-state index contributed by atoms with van der Waals surface area (Å²) in [5.74, 6) is 0.924. The van der Waals surface area contributed by atoms with Crippen molar-refractivity contribution in [3.05, 3.63) is 18.2 Å². The van der Waals surface area contributed by atoms with Gasteiger partial charge in [0.25, 0.3) is 0 Å². The summed E-state index contributed by atoms with van der Waals surface area (Å²) in [6.07, 6.45) is 3.01. The number of amides is 1. The van der Waals surface area contributed by atoms with Crippen LogP contribution in [0.1, 0.15) is 40.0 Å². The zero-order valence-electron chi connectivity index (χ0n) is 14.6. The Bertz CT molecular complexity index is 703. The highest BCUT2D eigenvalue weighted by molar-refractivity contribution is 7.89. The predicted molar refractivity (Wildman–Crippen MR) is 93.6 cm³/mol.